The number of allylic oxidation sites excluding steroid dienone is 1. The number of fused-ring (bicyclic) bond motifs is 3. The molecule has 2 bridgehead atoms. The third-order valence-corrected chi connectivity index (χ3v) is 5.57. The zero-order valence-electron chi connectivity index (χ0n) is 13.1. The molecular weight excluding hydrogens is 298 g/mol. The van der Waals surface area contributed by atoms with Crippen LogP contribution in [0.15, 0.2) is 77.8 Å². The van der Waals surface area contributed by atoms with Gasteiger partial charge in [-0.1, -0.05) is 60.7 Å². The summed E-state index contributed by atoms with van der Waals surface area (Å²) in [6, 6.07) is 20.0. The first kappa shape index (κ1) is 13.7. The molecule has 1 aliphatic heterocycles. The van der Waals surface area contributed by atoms with Gasteiger partial charge in [-0.05, 0) is 30.0 Å². The number of carbonyl (C=O) groups is 1. The van der Waals surface area contributed by atoms with E-state index in [0.29, 0.717) is 11.8 Å². The lowest BCUT2D eigenvalue weighted by atomic mass is 9.73. The molecule has 2 aromatic carbocycles. The second-order valence-corrected chi connectivity index (χ2v) is 6.78. The van der Waals surface area contributed by atoms with Crippen molar-refractivity contribution in [1.29, 1.82) is 0 Å². The Morgan fingerprint density at radius 1 is 0.958 bits per heavy atom. The fourth-order valence-corrected chi connectivity index (χ4v) is 4.56. The Bertz CT molecular complexity index is 856. The molecule has 0 amide bonds. The minimum Gasteiger partial charge on any atom is -0.405 e. The molecule has 1 saturated carbocycles. The Kier molecular flexibility index (Phi) is 2.81. The van der Waals surface area contributed by atoms with Gasteiger partial charge in [0.2, 0.25) is 5.90 Å². The van der Waals surface area contributed by atoms with Crippen molar-refractivity contribution in [2.75, 3.05) is 0 Å². The van der Waals surface area contributed by atoms with Crippen LogP contribution < -0.4 is 0 Å². The van der Waals surface area contributed by atoms with Gasteiger partial charge in [0.1, 0.15) is 0 Å². The predicted octanol–water partition coefficient (Wildman–Crippen LogP) is 3.72. The fourth-order valence-electron chi connectivity index (χ4n) is 4.56. The molecule has 0 aromatic heterocycles. The number of esters is 1. The summed E-state index contributed by atoms with van der Waals surface area (Å²) in [6.07, 6.45) is 5.37. The smallest absolute Gasteiger partial charge is 0.342 e. The van der Waals surface area contributed by atoms with Crippen molar-refractivity contribution < 1.29 is 9.53 Å². The van der Waals surface area contributed by atoms with Gasteiger partial charge in [-0.25, -0.2) is 9.79 Å². The fraction of sp³-hybridized carbons (Fsp3) is 0.238. The minimum atomic E-state index is -0.800. The highest BCUT2D eigenvalue weighted by atomic mass is 16.6. The first-order valence-electron chi connectivity index (χ1n) is 8.40. The van der Waals surface area contributed by atoms with Crippen LogP contribution in [0.25, 0.3) is 0 Å². The van der Waals surface area contributed by atoms with Crippen LogP contribution in [0.5, 0.6) is 0 Å². The molecule has 118 valence electrons. The van der Waals surface area contributed by atoms with E-state index in [4.69, 9.17) is 9.73 Å². The predicted molar refractivity (Wildman–Crippen MR) is 91.7 cm³/mol. The first-order valence-corrected chi connectivity index (χ1v) is 8.40. The number of aliphatic imine (C=N–C) groups is 1. The second-order valence-electron chi connectivity index (χ2n) is 6.78. The molecule has 4 atom stereocenters. The molecule has 1 fully saturated rings. The SMILES string of the molecule is O=C1OC(c2ccccc2)=N[C@@]12[C@H]1C=C[C@H](C1)[C@@H]2c1ccccc1. The summed E-state index contributed by atoms with van der Waals surface area (Å²) in [5.74, 6) is 0.794. The molecule has 0 radical (unpaired) electrons. The van der Waals surface area contributed by atoms with Crippen molar-refractivity contribution >= 4 is 11.9 Å². The van der Waals surface area contributed by atoms with Gasteiger partial charge in [0, 0.05) is 17.4 Å². The lowest BCUT2D eigenvalue weighted by Crippen LogP contribution is -2.44. The van der Waals surface area contributed by atoms with Gasteiger partial charge >= 0.3 is 5.97 Å². The van der Waals surface area contributed by atoms with Crippen molar-refractivity contribution in [3.8, 4) is 0 Å². The molecule has 0 N–H and O–H groups in total. The largest absolute Gasteiger partial charge is 0.405 e. The quantitative estimate of drug-likeness (QED) is 0.626. The average Bonchev–Trinajstić information content (AvgIpc) is 3.31. The average molecular weight is 315 g/mol. The van der Waals surface area contributed by atoms with E-state index >= 15 is 0 Å². The monoisotopic (exact) mass is 315 g/mol. The molecule has 0 unspecified atom stereocenters. The van der Waals surface area contributed by atoms with Crippen LogP contribution in [0.1, 0.15) is 23.5 Å². The zero-order valence-corrected chi connectivity index (χ0v) is 13.1. The Labute approximate surface area is 140 Å². The van der Waals surface area contributed by atoms with Crippen molar-refractivity contribution in [3.63, 3.8) is 0 Å². The molecule has 3 aliphatic rings. The van der Waals surface area contributed by atoms with Crippen LogP contribution in [0.2, 0.25) is 0 Å². The topological polar surface area (TPSA) is 38.7 Å². The van der Waals surface area contributed by atoms with Crippen LogP contribution in [0.4, 0.5) is 0 Å². The maximum Gasteiger partial charge on any atom is 0.342 e. The second kappa shape index (κ2) is 4.91. The van der Waals surface area contributed by atoms with Crippen LogP contribution in [-0.2, 0) is 9.53 Å². The van der Waals surface area contributed by atoms with Crippen molar-refractivity contribution in [2.24, 2.45) is 16.8 Å². The third kappa shape index (κ3) is 1.72. The number of hydrogen-bond donors (Lipinski definition) is 0. The number of hydrogen-bond acceptors (Lipinski definition) is 3. The summed E-state index contributed by atoms with van der Waals surface area (Å²) in [5.41, 5.74) is 1.23. The van der Waals surface area contributed by atoms with E-state index in [9.17, 15) is 4.79 Å². The summed E-state index contributed by atoms with van der Waals surface area (Å²) < 4.78 is 5.67. The maximum absolute atomic E-state index is 13.0. The van der Waals surface area contributed by atoms with Gasteiger partial charge in [0.15, 0.2) is 5.54 Å². The molecule has 3 heteroatoms. The van der Waals surface area contributed by atoms with Crippen molar-refractivity contribution in [3.05, 3.63) is 83.9 Å². The van der Waals surface area contributed by atoms with Crippen LogP contribution in [-0.4, -0.2) is 17.4 Å². The Morgan fingerprint density at radius 2 is 1.67 bits per heavy atom. The molecule has 24 heavy (non-hydrogen) atoms. The van der Waals surface area contributed by atoms with E-state index in [1.807, 2.05) is 48.5 Å². The number of nitrogens with zero attached hydrogens (tertiary/aromatic N) is 1. The summed E-state index contributed by atoms with van der Waals surface area (Å²) in [7, 11) is 0. The number of cyclic esters (lactones) is 1. The maximum atomic E-state index is 13.0. The standard InChI is InChI=1S/C21H17NO2/c23-20-21(22-19(24-20)15-9-5-2-6-10-15)17-12-11-16(13-17)18(21)14-7-3-1-4-8-14/h1-12,16-18H,13H2/t16-,17+,18+,21-/m1/s1. The van der Waals surface area contributed by atoms with E-state index in [1.54, 1.807) is 0 Å². The summed E-state index contributed by atoms with van der Waals surface area (Å²) in [6.45, 7) is 0. The highest BCUT2D eigenvalue weighted by Gasteiger charge is 2.64. The normalized spacial score (nSPS) is 33.1. The number of carbonyl (C=O) groups excluding carboxylic acids is 1. The van der Waals surface area contributed by atoms with Gasteiger partial charge < -0.3 is 4.74 Å². The molecule has 2 aromatic rings. The summed E-state index contributed by atoms with van der Waals surface area (Å²) in [5, 5.41) is 0. The highest BCUT2D eigenvalue weighted by Crippen LogP contribution is 2.59. The molecule has 0 saturated heterocycles. The van der Waals surface area contributed by atoms with E-state index in [0.717, 1.165) is 12.0 Å². The van der Waals surface area contributed by atoms with E-state index in [1.165, 1.54) is 5.56 Å². The van der Waals surface area contributed by atoms with Crippen LogP contribution in [0.3, 0.4) is 0 Å². The Morgan fingerprint density at radius 3 is 2.42 bits per heavy atom. The highest BCUT2D eigenvalue weighted by molar-refractivity contribution is 6.09. The van der Waals surface area contributed by atoms with Gasteiger partial charge in [0.05, 0.1) is 0 Å². The van der Waals surface area contributed by atoms with Crippen LogP contribution in [0, 0.1) is 11.8 Å². The van der Waals surface area contributed by atoms with E-state index < -0.39 is 5.54 Å². The molecular formula is C21H17NO2. The summed E-state index contributed by atoms with van der Waals surface area (Å²) >= 11 is 0. The van der Waals surface area contributed by atoms with Crippen LogP contribution >= 0.6 is 0 Å². The Balaban J connectivity index is 1.66. The minimum absolute atomic E-state index is 0.0578. The van der Waals surface area contributed by atoms with Gasteiger partial charge in [0.25, 0.3) is 0 Å². The molecule has 1 heterocycles. The van der Waals surface area contributed by atoms with Crippen molar-refractivity contribution in [2.45, 2.75) is 17.9 Å². The van der Waals surface area contributed by atoms with Gasteiger partial charge in [-0.2, -0.15) is 0 Å². The van der Waals surface area contributed by atoms with E-state index in [-0.39, 0.29) is 17.8 Å². The lowest BCUT2D eigenvalue weighted by molar-refractivity contribution is -0.140. The van der Waals surface area contributed by atoms with Gasteiger partial charge in [-0.15, -0.1) is 0 Å². The molecule has 5 rings (SSSR count). The number of ether oxygens (including phenoxy) is 1. The Hall–Kier alpha value is -2.68. The van der Waals surface area contributed by atoms with E-state index in [2.05, 4.69) is 24.3 Å². The van der Waals surface area contributed by atoms with Gasteiger partial charge in [-0.3, -0.25) is 0 Å². The third-order valence-electron chi connectivity index (χ3n) is 5.57. The first-order chi connectivity index (χ1) is 11.8. The zero-order chi connectivity index (χ0) is 16.1. The lowest BCUT2D eigenvalue weighted by Gasteiger charge is -2.32. The number of rotatable bonds is 2. The molecule has 1 spiro atoms. The summed E-state index contributed by atoms with van der Waals surface area (Å²) in [4.78, 5) is 17.9. The number of benzene rings is 2. The molecule has 2 aliphatic carbocycles. The van der Waals surface area contributed by atoms with Crippen molar-refractivity contribution in [1.82, 2.24) is 0 Å². The molecule has 3 nitrogen and oxygen atoms in total.